The highest BCUT2D eigenvalue weighted by Crippen LogP contribution is 2.20. The molecule has 17 nitrogen and oxygen atoms in total. The Morgan fingerprint density at radius 1 is 0.776 bits per heavy atom. The Hall–Kier alpha value is -2.10. The number of ether oxygens (including phenoxy) is 9. The predicted octanol–water partition coefficient (Wildman–Crippen LogP) is -1.17. The number of aldehydes is 1. The van der Waals surface area contributed by atoms with Gasteiger partial charge in [-0.05, 0) is 6.42 Å². The summed E-state index contributed by atoms with van der Waals surface area (Å²) in [4.78, 5) is 34.9. The van der Waals surface area contributed by atoms with Gasteiger partial charge >= 0.3 is 0 Å². The van der Waals surface area contributed by atoms with Crippen LogP contribution in [0.25, 0.3) is 0 Å². The number of amides is 2. The Kier molecular flexibility index (Phi) is 30.3. The van der Waals surface area contributed by atoms with E-state index in [1.54, 1.807) is 0 Å². The zero-order valence-electron chi connectivity index (χ0n) is 29.0. The number of hydrogen-bond donors (Lipinski definition) is 4. The molecule has 1 saturated heterocycles. The van der Waals surface area contributed by atoms with Crippen molar-refractivity contribution in [1.82, 2.24) is 15.6 Å². The van der Waals surface area contributed by atoms with Crippen LogP contribution in [0, 0.1) is 0 Å². The van der Waals surface area contributed by atoms with E-state index in [0.717, 1.165) is 13.0 Å². The summed E-state index contributed by atoms with van der Waals surface area (Å²) in [5.41, 5.74) is 6.27. The summed E-state index contributed by atoms with van der Waals surface area (Å²) in [5.74, 6) is 5.70. The number of nitrogens with zero attached hydrogens (tertiary/aromatic N) is 1. The van der Waals surface area contributed by atoms with E-state index in [0.29, 0.717) is 137 Å². The van der Waals surface area contributed by atoms with E-state index < -0.39 is 11.3 Å². The largest absolute Gasteiger partial charge is 0.399 e. The Balaban J connectivity index is 1.79. The van der Waals surface area contributed by atoms with Crippen LogP contribution in [-0.4, -0.2) is 172 Å². The van der Waals surface area contributed by atoms with E-state index in [4.69, 9.17) is 54.2 Å². The molecule has 1 aliphatic rings. The molecular weight excluding hydrogens is 666 g/mol. The maximum atomic E-state index is 12.1. The molecule has 0 spiro atoms. The lowest BCUT2D eigenvalue weighted by Gasteiger charge is -2.25. The van der Waals surface area contributed by atoms with Crippen molar-refractivity contribution in [2.75, 3.05) is 138 Å². The summed E-state index contributed by atoms with van der Waals surface area (Å²) in [6.07, 6.45) is 3.20. The first kappa shape index (κ1) is 44.9. The summed E-state index contributed by atoms with van der Waals surface area (Å²) < 4.78 is 49.0. The van der Waals surface area contributed by atoms with Crippen molar-refractivity contribution < 1.29 is 57.0 Å². The molecule has 0 bridgehead atoms. The summed E-state index contributed by atoms with van der Waals surface area (Å²) in [5, 5.41) is 6.06. The van der Waals surface area contributed by atoms with Gasteiger partial charge in [0.05, 0.1) is 137 Å². The van der Waals surface area contributed by atoms with Crippen LogP contribution < -0.4 is 22.2 Å². The van der Waals surface area contributed by atoms with Gasteiger partial charge < -0.3 is 68.8 Å². The molecule has 6 N–H and O–H groups in total. The van der Waals surface area contributed by atoms with Gasteiger partial charge in [-0.2, -0.15) is 0 Å². The predicted molar refractivity (Wildman–Crippen MR) is 183 cm³/mol. The van der Waals surface area contributed by atoms with Crippen molar-refractivity contribution in [2.45, 2.75) is 31.1 Å². The lowest BCUT2D eigenvalue weighted by atomic mass is 10.2. The number of carbonyl (C=O) groups is 3. The zero-order valence-corrected chi connectivity index (χ0v) is 29.8. The Morgan fingerprint density at radius 2 is 1.18 bits per heavy atom. The van der Waals surface area contributed by atoms with Crippen molar-refractivity contribution in [1.29, 1.82) is 0 Å². The highest BCUT2D eigenvalue weighted by Gasteiger charge is 2.29. The van der Waals surface area contributed by atoms with E-state index in [2.05, 4.69) is 17.6 Å². The third-order valence-electron chi connectivity index (χ3n) is 6.27. The van der Waals surface area contributed by atoms with Crippen LogP contribution in [-0.2, 0) is 57.0 Å². The average molecular weight is 726 g/mol. The highest BCUT2D eigenvalue weighted by molar-refractivity contribution is 8.00. The molecule has 2 unspecified atom stereocenters. The lowest BCUT2D eigenvalue weighted by molar-refractivity contribution is -0.127. The van der Waals surface area contributed by atoms with E-state index >= 15 is 0 Å². The smallest absolute Gasteiger partial charge is 0.234 e. The first-order valence-electron chi connectivity index (χ1n) is 16.8. The summed E-state index contributed by atoms with van der Waals surface area (Å²) in [7, 11) is 0. The lowest BCUT2D eigenvalue weighted by Crippen LogP contribution is -2.48. The molecule has 0 aromatic heterocycles. The Labute approximate surface area is 294 Å². The molecule has 286 valence electrons. The van der Waals surface area contributed by atoms with Crippen molar-refractivity contribution in [3.8, 4) is 0 Å². The molecular formula is C31H59N5O12S. The minimum absolute atomic E-state index is 0.00201. The van der Waals surface area contributed by atoms with E-state index in [1.807, 2.05) is 0 Å². The maximum absolute atomic E-state index is 12.1. The molecule has 1 fully saturated rings. The quantitative estimate of drug-likeness (QED) is 0.0262. The van der Waals surface area contributed by atoms with Gasteiger partial charge in [-0.15, -0.1) is 11.8 Å². The monoisotopic (exact) mass is 725 g/mol. The molecule has 2 amide bonds. The van der Waals surface area contributed by atoms with Gasteiger partial charge in [-0.1, -0.05) is 6.92 Å². The average Bonchev–Trinajstić information content (AvgIpc) is 3.09. The zero-order chi connectivity index (χ0) is 35.6. The normalized spacial score (nSPS) is 16.4. The van der Waals surface area contributed by atoms with E-state index in [1.165, 1.54) is 23.0 Å². The Morgan fingerprint density at radius 3 is 1.57 bits per heavy atom. The number of nitrogens with one attached hydrogen (secondary N) is 2. The molecule has 0 saturated carbocycles. The van der Waals surface area contributed by atoms with Crippen LogP contribution in [0.1, 0.15) is 19.8 Å². The van der Waals surface area contributed by atoms with Gasteiger partial charge in [0.1, 0.15) is 6.29 Å². The van der Waals surface area contributed by atoms with Crippen molar-refractivity contribution in [3.05, 3.63) is 11.9 Å². The first-order valence-corrected chi connectivity index (χ1v) is 17.8. The number of hydrazine groups is 1. The van der Waals surface area contributed by atoms with Crippen LogP contribution in [0.15, 0.2) is 11.9 Å². The van der Waals surface area contributed by atoms with E-state index in [9.17, 15) is 14.4 Å². The van der Waals surface area contributed by atoms with Gasteiger partial charge in [0.25, 0.3) is 0 Å². The fourth-order valence-electron chi connectivity index (χ4n) is 3.78. The number of carbonyl (C=O) groups excluding carboxylic acids is 3. The number of hydrogen-bond acceptors (Lipinski definition) is 16. The van der Waals surface area contributed by atoms with Crippen molar-refractivity contribution in [2.24, 2.45) is 11.6 Å². The second-order valence-electron chi connectivity index (χ2n) is 10.5. The van der Waals surface area contributed by atoms with Gasteiger partial charge in [0.2, 0.25) is 11.8 Å². The molecule has 1 rings (SSSR count). The fourth-order valence-corrected chi connectivity index (χ4v) is 4.87. The number of thioether (sulfide) groups is 1. The van der Waals surface area contributed by atoms with Crippen LogP contribution in [0.4, 0.5) is 0 Å². The third kappa shape index (κ3) is 28.3. The topological polar surface area (TPSA) is 214 Å². The molecule has 0 aliphatic carbocycles. The van der Waals surface area contributed by atoms with Crippen LogP contribution in [0.2, 0.25) is 0 Å². The van der Waals surface area contributed by atoms with Crippen LogP contribution in [0.3, 0.4) is 0 Å². The Bertz CT molecular complexity index is 864. The maximum Gasteiger partial charge on any atom is 0.234 e. The van der Waals surface area contributed by atoms with Crippen molar-refractivity contribution >= 4 is 29.9 Å². The molecule has 1 heterocycles. The minimum Gasteiger partial charge on any atom is -0.399 e. The van der Waals surface area contributed by atoms with Gasteiger partial charge in [0, 0.05) is 30.7 Å². The molecule has 49 heavy (non-hydrogen) atoms. The van der Waals surface area contributed by atoms with Gasteiger partial charge in [-0.25, -0.2) is 5.84 Å². The highest BCUT2D eigenvalue weighted by atomic mass is 32.2. The first-order chi connectivity index (χ1) is 24.0. The van der Waals surface area contributed by atoms with Crippen LogP contribution in [0.5, 0.6) is 0 Å². The second kappa shape index (κ2) is 33.1. The standard InChI is InChI=1S/C31H59N5O12S/c1-2-4-40-6-8-42-10-12-44-14-16-46-18-20-48-21-19-47-17-15-45-13-11-43-9-7-41-5-3-36(33)24-27(32)23-34-30(38)22-29-31(39)35-28(25-37)26-49-29/h24-25,28-29H,2-23,26,32-33H2,1H3,(H,34,38)(H,35,39)/b27-24-. The molecule has 0 radical (unpaired) electrons. The SMILES string of the molecule is CCCOCCOCCOCCOCCOCCOCCOCCOCCOCCN(N)/C=C(\N)CNC(=O)CC1SCC(C=O)NC1=O. The summed E-state index contributed by atoms with van der Waals surface area (Å²) >= 11 is 1.28. The second-order valence-corrected chi connectivity index (χ2v) is 11.7. The molecule has 1 aliphatic heterocycles. The minimum atomic E-state index is -0.537. The number of rotatable bonds is 35. The fraction of sp³-hybridized carbons (Fsp3) is 0.839. The van der Waals surface area contributed by atoms with Crippen molar-refractivity contribution in [3.63, 3.8) is 0 Å². The third-order valence-corrected chi connectivity index (χ3v) is 7.61. The molecule has 2 atom stereocenters. The van der Waals surface area contributed by atoms with Crippen LogP contribution >= 0.6 is 11.8 Å². The van der Waals surface area contributed by atoms with Gasteiger partial charge in [-0.3, -0.25) is 9.59 Å². The molecule has 18 heteroatoms. The van der Waals surface area contributed by atoms with E-state index in [-0.39, 0.29) is 24.8 Å². The van der Waals surface area contributed by atoms with Gasteiger partial charge in [0.15, 0.2) is 0 Å². The number of nitrogens with two attached hydrogens (primary N) is 2. The summed E-state index contributed by atoms with van der Waals surface area (Å²) in [6.45, 7) is 11.6. The molecule has 0 aromatic carbocycles. The summed E-state index contributed by atoms with van der Waals surface area (Å²) in [6, 6.07) is -0.509. The molecule has 0 aromatic rings.